The van der Waals surface area contributed by atoms with Gasteiger partial charge >= 0.3 is 12.1 Å². The molecule has 0 atom stereocenters. The average molecular weight is 378 g/mol. The summed E-state index contributed by atoms with van der Waals surface area (Å²) < 4.78 is 47.9. The topological polar surface area (TPSA) is 81.4 Å². The summed E-state index contributed by atoms with van der Waals surface area (Å²) in [6.07, 6.45) is -4.72. The molecule has 1 heterocycles. The molecule has 0 spiro atoms. The number of anilines is 1. The van der Waals surface area contributed by atoms with E-state index in [0.717, 1.165) is 12.1 Å². The van der Waals surface area contributed by atoms with Crippen molar-refractivity contribution < 1.29 is 32.0 Å². The lowest BCUT2D eigenvalue weighted by molar-refractivity contribution is -0.146. The number of carbonyl (C=O) groups is 2. The number of aromatic nitrogens is 1. The second-order valence-electron chi connectivity index (χ2n) is 5.59. The molecule has 0 bridgehead atoms. The van der Waals surface area contributed by atoms with Crippen LogP contribution in [0.2, 0.25) is 0 Å². The Hall–Kier alpha value is -3.36. The van der Waals surface area contributed by atoms with Gasteiger partial charge in [-0.2, -0.15) is 13.2 Å². The Morgan fingerprint density at radius 1 is 1.11 bits per heavy atom. The maximum absolute atomic E-state index is 12.7. The quantitative estimate of drug-likeness (QED) is 0.687. The van der Waals surface area contributed by atoms with Crippen molar-refractivity contribution in [1.82, 2.24) is 5.16 Å². The fourth-order valence-electron chi connectivity index (χ4n) is 2.37. The molecule has 3 rings (SSSR count). The van der Waals surface area contributed by atoms with Crippen LogP contribution in [-0.4, -0.2) is 23.6 Å². The minimum absolute atomic E-state index is 0.0478. The molecule has 0 saturated heterocycles. The smallest absolute Gasteiger partial charge is 0.416 e. The molecular formula is C18H13F3N2O4. The molecular weight excluding hydrogens is 365 g/mol. The van der Waals surface area contributed by atoms with E-state index in [2.05, 4.69) is 10.5 Å². The third-order valence-electron chi connectivity index (χ3n) is 3.60. The lowest BCUT2D eigenvalue weighted by Crippen LogP contribution is -2.22. The van der Waals surface area contributed by atoms with Crippen molar-refractivity contribution in [3.05, 3.63) is 59.8 Å². The van der Waals surface area contributed by atoms with Gasteiger partial charge in [-0.05, 0) is 30.3 Å². The third kappa shape index (κ3) is 4.63. The molecule has 0 radical (unpaired) electrons. The zero-order valence-corrected chi connectivity index (χ0v) is 13.7. The molecule has 0 unspecified atom stereocenters. The number of amides is 1. The van der Waals surface area contributed by atoms with Crippen LogP contribution in [0.25, 0.3) is 11.0 Å². The van der Waals surface area contributed by atoms with Crippen molar-refractivity contribution in [2.45, 2.75) is 12.6 Å². The number of benzene rings is 2. The highest BCUT2D eigenvalue weighted by Crippen LogP contribution is 2.30. The summed E-state index contributed by atoms with van der Waals surface area (Å²) in [6, 6.07) is 11.1. The van der Waals surface area contributed by atoms with E-state index in [1.807, 2.05) is 0 Å². The Labute approximate surface area is 150 Å². The molecule has 0 fully saturated rings. The molecule has 1 aromatic heterocycles. The molecule has 6 nitrogen and oxygen atoms in total. The minimum atomic E-state index is -4.52. The highest BCUT2D eigenvalue weighted by atomic mass is 19.4. The van der Waals surface area contributed by atoms with Crippen molar-refractivity contribution in [2.75, 3.05) is 11.9 Å². The predicted octanol–water partition coefficient (Wildman–Crippen LogP) is 3.57. The van der Waals surface area contributed by atoms with Gasteiger partial charge in [-0.1, -0.05) is 23.4 Å². The van der Waals surface area contributed by atoms with Crippen LogP contribution in [0.15, 0.2) is 53.1 Å². The Morgan fingerprint density at radius 2 is 1.89 bits per heavy atom. The average Bonchev–Trinajstić information content (AvgIpc) is 3.03. The van der Waals surface area contributed by atoms with E-state index in [-0.39, 0.29) is 12.1 Å². The SMILES string of the molecule is O=C(COC(=O)Cc1noc2ccccc12)Nc1cccc(C(F)(F)F)c1. The van der Waals surface area contributed by atoms with Gasteiger partial charge in [-0.3, -0.25) is 9.59 Å². The van der Waals surface area contributed by atoms with Gasteiger partial charge in [0.2, 0.25) is 0 Å². The summed E-state index contributed by atoms with van der Waals surface area (Å²) in [5, 5.41) is 6.68. The first kappa shape index (κ1) is 18.4. The first-order chi connectivity index (χ1) is 12.8. The van der Waals surface area contributed by atoms with Gasteiger partial charge in [-0.15, -0.1) is 0 Å². The maximum atomic E-state index is 12.7. The number of esters is 1. The van der Waals surface area contributed by atoms with Crippen LogP contribution in [0.4, 0.5) is 18.9 Å². The fourth-order valence-corrected chi connectivity index (χ4v) is 2.37. The summed E-state index contributed by atoms with van der Waals surface area (Å²) in [7, 11) is 0. The standard InChI is InChI=1S/C18H13F3N2O4/c19-18(20,21)11-4-3-5-12(8-11)22-16(24)10-26-17(25)9-14-13-6-1-2-7-15(13)27-23-14/h1-8H,9-10H2,(H,22,24). The van der Waals surface area contributed by atoms with Crippen molar-refractivity contribution in [1.29, 1.82) is 0 Å². The first-order valence-electron chi connectivity index (χ1n) is 7.79. The number of nitrogens with zero attached hydrogens (tertiary/aromatic N) is 1. The van der Waals surface area contributed by atoms with Gasteiger partial charge in [0, 0.05) is 11.1 Å². The highest BCUT2D eigenvalue weighted by Gasteiger charge is 2.30. The molecule has 140 valence electrons. The summed E-state index contributed by atoms with van der Waals surface area (Å²) in [5.74, 6) is -1.47. The van der Waals surface area contributed by atoms with E-state index in [4.69, 9.17) is 9.26 Å². The molecule has 0 aliphatic rings. The van der Waals surface area contributed by atoms with Gasteiger partial charge < -0.3 is 14.6 Å². The molecule has 0 saturated carbocycles. The Kier molecular flexibility index (Phi) is 5.11. The molecule has 1 amide bonds. The largest absolute Gasteiger partial charge is 0.455 e. The van der Waals surface area contributed by atoms with Crippen LogP contribution < -0.4 is 5.32 Å². The van der Waals surface area contributed by atoms with Crippen LogP contribution in [-0.2, 0) is 26.9 Å². The van der Waals surface area contributed by atoms with Gasteiger partial charge in [0.1, 0.15) is 5.69 Å². The number of halogens is 3. The van der Waals surface area contributed by atoms with Gasteiger partial charge in [0.15, 0.2) is 12.2 Å². The van der Waals surface area contributed by atoms with E-state index in [9.17, 15) is 22.8 Å². The lowest BCUT2D eigenvalue weighted by atomic mass is 10.2. The number of carbonyl (C=O) groups excluding carboxylic acids is 2. The van der Waals surface area contributed by atoms with Crippen LogP contribution in [0.1, 0.15) is 11.3 Å². The summed E-state index contributed by atoms with van der Waals surface area (Å²) in [5.41, 5.74) is -0.0555. The first-order valence-corrected chi connectivity index (χ1v) is 7.79. The second kappa shape index (κ2) is 7.48. The zero-order chi connectivity index (χ0) is 19.4. The van der Waals surface area contributed by atoms with E-state index in [1.165, 1.54) is 12.1 Å². The van der Waals surface area contributed by atoms with E-state index >= 15 is 0 Å². The molecule has 3 aromatic rings. The monoisotopic (exact) mass is 378 g/mol. The Bertz CT molecular complexity index is 982. The fraction of sp³-hybridized carbons (Fsp3) is 0.167. The number of nitrogens with one attached hydrogen (secondary N) is 1. The van der Waals surface area contributed by atoms with Gasteiger partial charge in [-0.25, -0.2) is 0 Å². The molecule has 27 heavy (non-hydrogen) atoms. The zero-order valence-electron chi connectivity index (χ0n) is 13.7. The van der Waals surface area contributed by atoms with Crippen LogP contribution in [0.3, 0.4) is 0 Å². The summed E-state index contributed by atoms with van der Waals surface area (Å²) >= 11 is 0. The van der Waals surface area contributed by atoms with E-state index < -0.39 is 30.2 Å². The molecule has 1 N–H and O–H groups in total. The van der Waals surface area contributed by atoms with Crippen LogP contribution in [0, 0.1) is 0 Å². The van der Waals surface area contributed by atoms with Crippen LogP contribution in [0.5, 0.6) is 0 Å². The number of hydrogen-bond acceptors (Lipinski definition) is 5. The third-order valence-corrected chi connectivity index (χ3v) is 3.60. The van der Waals surface area contributed by atoms with Gasteiger partial charge in [0.25, 0.3) is 5.91 Å². The lowest BCUT2D eigenvalue weighted by Gasteiger charge is -2.10. The predicted molar refractivity (Wildman–Crippen MR) is 88.7 cm³/mol. The minimum Gasteiger partial charge on any atom is -0.455 e. The number of ether oxygens (including phenoxy) is 1. The van der Waals surface area contributed by atoms with E-state index in [0.29, 0.717) is 16.7 Å². The van der Waals surface area contributed by atoms with Gasteiger partial charge in [0.05, 0.1) is 12.0 Å². The molecule has 0 aliphatic carbocycles. The van der Waals surface area contributed by atoms with Crippen LogP contribution >= 0.6 is 0 Å². The Balaban J connectivity index is 1.54. The molecule has 9 heteroatoms. The molecule has 2 aromatic carbocycles. The van der Waals surface area contributed by atoms with E-state index in [1.54, 1.807) is 24.3 Å². The Morgan fingerprint density at radius 3 is 2.67 bits per heavy atom. The van der Waals surface area contributed by atoms with Crippen molar-refractivity contribution in [3.63, 3.8) is 0 Å². The maximum Gasteiger partial charge on any atom is 0.416 e. The number of rotatable bonds is 5. The molecule has 0 aliphatic heterocycles. The summed E-state index contributed by atoms with van der Waals surface area (Å²) in [4.78, 5) is 23.7. The number of fused-ring (bicyclic) bond motifs is 1. The normalized spacial score (nSPS) is 11.4. The number of alkyl halides is 3. The number of hydrogen-bond donors (Lipinski definition) is 1. The highest BCUT2D eigenvalue weighted by molar-refractivity contribution is 5.93. The second-order valence-corrected chi connectivity index (χ2v) is 5.59. The van der Waals surface area contributed by atoms with Crippen molar-refractivity contribution in [3.8, 4) is 0 Å². The van der Waals surface area contributed by atoms with Crippen molar-refractivity contribution >= 4 is 28.5 Å². The summed E-state index contributed by atoms with van der Waals surface area (Å²) in [6.45, 7) is -0.634. The number of para-hydroxylation sites is 1. The van der Waals surface area contributed by atoms with Crippen molar-refractivity contribution in [2.24, 2.45) is 0 Å².